The molecule has 18 heavy (non-hydrogen) atoms. The topological polar surface area (TPSA) is 53.4 Å². The van der Waals surface area contributed by atoms with E-state index in [-0.39, 0.29) is 11.6 Å². The summed E-state index contributed by atoms with van der Waals surface area (Å²) in [5.41, 5.74) is 0.600. The molecule has 5 nitrogen and oxygen atoms in total. The maximum absolute atomic E-state index is 12.5. The van der Waals surface area contributed by atoms with Gasteiger partial charge >= 0.3 is 0 Å². The molecular formula is C13H14N2O3. The van der Waals surface area contributed by atoms with Crippen molar-refractivity contribution in [1.82, 2.24) is 9.55 Å². The van der Waals surface area contributed by atoms with E-state index in [2.05, 4.69) is 4.98 Å². The molecule has 94 valence electrons. The van der Waals surface area contributed by atoms with Crippen LogP contribution in [0.15, 0.2) is 29.3 Å². The third kappa shape index (κ3) is 1.67. The Balaban J connectivity index is 2.24. The van der Waals surface area contributed by atoms with Gasteiger partial charge in [-0.05, 0) is 18.6 Å². The van der Waals surface area contributed by atoms with Crippen molar-refractivity contribution >= 4 is 10.9 Å². The Morgan fingerprint density at radius 2 is 2.39 bits per heavy atom. The number of hydrogen-bond donors (Lipinski definition) is 0. The number of rotatable bonds is 2. The lowest BCUT2D eigenvalue weighted by Gasteiger charge is -2.13. The maximum Gasteiger partial charge on any atom is 0.265 e. The largest absolute Gasteiger partial charge is 0.496 e. The van der Waals surface area contributed by atoms with Crippen LogP contribution in [-0.2, 0) is 4.74 Å². The van der Waals surface area contributed by atoms with E-state index in [0.29, 0.717) is 29.9 Å². The lowest BCUT2D eigenvalue weighted by Crippen LogP contribution is -2.25. The van der Waals surface area contributed by atoms with Gasteiger partial charge in [0.1, 0.15) is 11.1 Å². The number of methoxy groups -OCH3 is 1. The fourth-order valence-electron chi connectivity index (χ4n) is 2.32. The molecule has 0 bridgehead atoms. The van der Waals surface area contributed by atoms with E-state index in [1.165, 1.54) is 0 Å². The Morgan fingerprint density at radius 1 is 1.50 bits per heavy atom. The highest BCUT2D eigenvalue weighted by atomic mass is 16.5. The Kier molecular flexibility index (Phi) is 2.76. The van der Waals surface area contributed by atoms with Gasteiger partial charge in [-0.25, -0.2) is 4.98 Å². The molecule has 0 N–H and O–H groups in total. The number of fused-ring (bicyclic) bond motifs is 1. The number of nitrogens with zero attached hydrogens (tertiary/aromatic N) is 2. The highest BCUT2D eigenvalue weighted by Crippen LogP contribution is 2.22. The van der Waals surface area contributed by atoms with E-state index in [1.54, 1.807) is 24.1 Å². The third-order valence-electron chi connectivity index (χ3n) is 3.29. The van der Waals surface area contributed by atoms with Gasteiger partial charge in [-0.2, -0.15) is 0 Å². The van der Waals surface area contributed by atoms with Gasteiger partial charge in [-0.3, -0.25) is 9.36 Å². The number of ether oxygens (including phenoxy) is 2. The van der Waals surface area contributed by atoms with E-state index in [9.17, 15) is 4.79 Å². The number of hydrogen-bond acceptors (Lipinski definition) is 4. The molecule has 1 fully saturated rings. The van der Waals surface area contributed by atoms with E-state index in [1.807, 2.05) is 12.1 Å². The molecule has 1 aliphatic heterocycles. The first-order valence-electron chi connectivity index (χ1n) is 5.93. The first-order chi connectivity index (χ1) is 8.81. The average Bonchev–Trinajstić information content (AvgIpc) is 2.92. The summed E-state index contributed by atoms with van der Waals surface area (Å²) in [6.07, 6.45) is 2.45. The summed E-state index contributed by atoms with van der Waals surface area (Å²) in [6.45, 7) is 1.27. The minimum Gasteiger partial charge on any atom is -0.496 e. The Labute approximate surface area is 104 Å². The summed E-state index contributed by atoms with van der Waals surface area (Å²) in [5.74, 6) is 0.568. The van der Waals surface area contributed by atoms with Crippen molar-refractivity contribution in [3.8, 4) is 5.75 Å². The second-order valence-corrected chi connectivity index (χ2v) is 4.33. The smallest absolute Gasteiger partial charge is 0.265 e. The molecule has 1 aromatic heterocycles. The molecule has 1 saturated heterocycles. The Hall–Kier alpha value is -1.88. The van der Waals surface area contributed by atoms with Crippen molar-refractivity contribution in [2.24, 2.45) is 0 Å². The summed E-state index contributed by atoms with van der Waals surface area (Å²) in [5, 5.41) is 0.536. The maximum atomic E-state index is 12.5. The van der Waals surface area contributed by atoms with Gasteiger partial charge in [-0.1, -0.05) is 6.07 Å². The van der Waals surface area contributed by atoms with Crippen LogP contribution in [0.3, 0.4) is 0 Å². The molecular weight excluding hydrogens is 232 g/mol. The SMILES string of the molecule is COc1cccc2ncn(C3CCOC3)c(=O)c12. The predicted molar refractivity (Wildman–Crippen MR) is 67.0 cm³/mol. The second-order valence-electron chi connectivity index (χ2n) is 4.33. The zero-order valence-electron chi connectivity index (χ0n) is 10.1. The van der Waals surface area contributed by atoms with Gasteiger partial charge in [0.2, 0.25) is 0 Å². The molecule has 0 aliphatic carbocycles. The Morgan fingerprint density at radius 3 is 3.11 bits per heavy atom. The molecule has 1 aromatic carbocycles. The molecule has 0 radical (unpaired) electrons. The minimum atomic E-state index is -0.0621. The monoisotopic (exact) mass is 246 g/mol. The van der Waals surface area contributed by atoms with E-state index >= 15 is 0 Å². The normalized spacial score (nSPS) is 19.3. The second kappa shape index (κ2) is 4.42. The van der Waals surface area contributed by atoms with Crippen LogP contribution in [0.2, 0.25) is 0 Å². The molecule has 1 unspecified atom stereocenters. The first kappa shape index (κ1) is 11.2. The first-order valence-corrected chi connectivity index (χ1v) is 5.93. The van der Waals surface area contributed by atoms with Crippen LogP contribution < -0.4 is 10.3 Å². The predicted octanol–water partition coefficient (Wildman–Crippen LogP) is 1.37. The Bertz CT molecular complexity index is 630. The zero-order valence-corrected chi connectivity index (χ0v) is 10.1. The van der Waals surface area contributed by atoms with Crippen molar-refractivity contribution < 1.29 is 9.47 Å². The van der Waals surface area contributed by atoms with Gasteiger partial charge < -0.3 is 9.47 Å². The van der Waals surface area contributed by atoms with Crippen LogP contribution in [-0.4, -0.2) is 29.9 Å². The van der Waals surface area contributed by atoms with Crippen LogP contribution >= 0.6 is 0 Å². The molecule has 0 saturated carbocycles. The van der Waals surface area contributed by atoms with Crippen molar-refractivity contribution in [3.63, 3.8) is 0 Å². The fourth-order valence-corrected chi connectivity index (χ4v) is 2.32. The van der Waals surface area contributed by atoms with Gasteiger partial charge in [0.15, 0.2) is 0 Å². The van der Waals surface area contributed by atoms with E-state index < -0.39 is 0 Å². The highest BCUT2D eigenvalue weighted by molar-refractivity contribution is 5.83. The van der Waals surface area contributed by atoms with Crippen molar-refractivity contribution in [2.45, 2.75) is 12.5 Å². The van der Waals surface area contributed by atoms with Crippen molar-refractivity contribution in [3.05, 3.63) is 34.9 Å². The quantitative estimate of drug-likeness (QED) is 0.803. The van der Waals surface area contributed by atoms with Crippen LogP contribution in [0.5, 0.6) is 5.75 Å². The molecule has 3 rings (SSSR count). The molecule has 2 heterocycles. The average molecular weight is 246 g/mol. The summed E-state index contributed by atoms with van der Waals surface area (Å²) in [7, 11) is 1.56. The third-order valence-corrected chi connectivity index (χ3v) is 3.29. The molecule has 1 atom stereocenters. The molecule has 1 aliphatic rings. The van der Waals surface area contributed by atoms with Crippen LogP contribution in [0.1, 0.15) is 12.5 Å². The summed E-state index contributed by atoms with van der Waals surface area (Å²) < 4.78 is 12.2. The highest BCUT2D eigenvalue weighted by Gasteiger charge is 2.20. The van der Waals surface area contributed by atoms with Gasteiger partial charge in [-0.15, -0.1) is 0 Å². The van der Waals surface area contributed by atoms with Crippen molar-refractivity contribution in [1.29, 1.82) is 0 Å². The molecule has 0 amide bonds. The zero-order chi connectivity index (χ0) is 12.5. The van der Waals surface area contributed by atoms with Gasteiger partial charge in [0.05, 0.1) is 31.6 Å². The van der Waals surface area contributed by atoms with Crippen LogP contribution in [0.25, 0.3) is 10.9 Å². The van der Waals surface area contributed by atoms with E-state index in [0.717, 1.165) is 6.42 Å². The lowest BCUT2D eigenvalue weighted by molar-refractivity contribution is 0.186. The number of benzene rings is 1. The molecule has 5 heteroatoms. The summed E-state index contributed by atoms with van der Waals surface area (Å²) in [6, 6.07) is 5.51. The lowest BCUT2D eigenvalue weighted by atomic mass is 10.2. The van der Waals surface area contributed by atoms with E-state index in [4.69, 9.17) is 9.47 Å². The fraction of sp³-hybridized carbons (Fsp3) is 0.385. The van der Waals surface area contributed by atoms with Crippen molar-refractivity contribution in [2.75, 3.05) is 20.3 Å². The summed E-state index contributed by atoms with van der Waals surface area (Å²) >= 11 is 0. The molecule has 2 aromatic rings. The van der Waals surface area contributed by atoms with Gasteiger partial charge in [0, 0.05) is 6.61 Å². The van der Waals surface area contributed by atoms with Gasteiger partial charge in [0.25, 0.3) is 5.56 Å². The van der Waals surface area contributed by atoms with Crippen LogP contribution in [0, 0.1) is 0 Å². The minimum absolute atomic E-state index is 0.0621. The van der Waals surface area contributed by atoms with Crippen LogP contribution in [0.4, 0.5) is 0 Å². The summed E-state index contributed by atoms with van der Waals surface area (Å²) in [4.78, 5) is 16.8. The molecule has 0 spiro atoms. The standard InChI is InChI=1S/C13H14N2O3/c1-17-11-4-2-3-10-12(11)13(16)15(8-14-10)9-5-6-18-7-9/h2-4,8-9H,5-7H2,1H3. The number of aromatic nitrogens is 2.